The van der Waals surface area contributed by atoms with Gasteiger partial charge in [-0.2, -0.15) is 0 Å². The first-order chi connectivity index (χ1) is 7.90. The Bertz CT molecular complexity index is 416. The molecule has 0 aliphatic carbocycles. The van der Waals surface area contributed by atoms with E-state index in [-0.39, 0.29) is 6.79 Å². The van der Waals surface area contributed by atoms with Crippen LogP contribution >= 0.6 is 12.2 Å². The number of nitrogens with zero attached hydrogens (tertiary/aromatic N) is 1. The molecular formula is C11H11NO3S. The quantitative estimate of drug-likeness (QED) is 0.447. The molecule has 0 amide bonds. The first-order valence-corrected chi connectivity index (χ1v) is 5.37. The molecule has 84 valence electrons. The van der Waals surface area contributed by atoms with Crippen LogP contribution in [0.3, 0.4) is 0 Å². The maximum Gasteiger partial charge on any atom is 0.231 e. The number of thiocarbonyl (C=S) groups is 1. The number of isothiocyanates is 1. The summed E-state index contributed by atoms with van der Waals surface area (Å²) < 4.78 is 16.0. The molecule has 0 saturated carbocycles. The highest BCUT2D eigenvalue weighted by atomic mass is 32.1. The van der Waals surface area contributed by atoms with Crippen molar-refractivity contribution < 1.29 is 14.2 Å². The van der Waals surface area contributed by atoms with E-state index in [4.69, 9.17) is 14.2 Å². The third kappa shape index (κ3) is 2.72. The molecule has 1 aliphatic rings. The Hall–Kier alpha value is -1.58. The van der Waals surface area contributed by atoms with Crippen molar-refractivity contribution in [1.82, 2.24) is 0 Å². The molecule has 1 aromatic carbocycles. The molecular weight excluding hydrogens is 226 g/mol. The monoisotopic (exact) mass is 237 g/mol. The van der Waals surface area contributed by atoms with Gasteiger partial charge in [-0.05, 0) is 24.4 Å². The number of rotatable bonds is 5. The van der Waals surface area contributed by atoms with Crippen LogP contribution in [0, 0.1) is 0 Å². The van der Waals surface area contributed by atoms with E-state index in [1.807, 2.05) is 18.2 Å². The Morgan fingerprint density at radius 1 is 1.38 bits per heavy atom. The van der Waals surface area contributed by atoms with E-state index in [0.29, 0.717) is 13.2 Å². The molecule has 0 N–H and O–H groups in total. The van der Waals surface area contributed by atoms with Crippen LogP contribution in [0.15, 0.2) is 23.2 Å². The van der Waals surface area contributed by atoms with E-state index < -0.39 is 0 Å². The van der Waals surface area contributed by atoms with Crippen LogP contribution in [-0.2, 0) is 0 Å². The van der Waals surface area contributed by atoms with E-state index in [2.05, 4.69) is 22.4 Å². The highest BCUT2D eigenvalue weighted by Gasteiger charge is 2.13. The van der Waals surface area contributed by atoms with Gasteiger partial charge in [0, 0.05) is 12.5 Å². The highest BCUT2D eigenvalue weighted by molar-refractivity contribution is 7.78. The number of hydrogen-bond acceptors (Lipinski definition) is 5. The summed E-state index contributed by atoms with van der Waals surface area (Å²) in [5.41, 5.74) is 0. The van der Waals surface area contributed by atoms with Crippen LogP contribution in [0.2, 0.25) is 0 Å². The molecule has 16 heavy (non-hydrogen) atoms. The van der Waals surface area contributed by atoms with E-state index in [1.165, 1.54) is 0 Å². The average molecular weight is 237 g/mol. The van der Waals surface area contributed by atoms with Crippen LogP contribution in [0.1, 0.15) is 6.42 Å². The van der Waals surface area contributed by atoms with Gasteiger partial charge in [0.05, 0.1) is 18.3 Å². The standard InChI is InChI=1S/C11H11NO3S/c16-7-12-4-1-5-13-9-2-3-10-11(6-9)15-8-14-10/h2-3,6H,1,4-5,8H2. The van der Waals surface area contributed by atoms with E-state index in [0.717, 1.165) is 23.7 Å². The molecule has 0 fully saturated rings. The summed E-state index contributed by atoms with van der Waals surface area (Å²) in [5, 5.41) is 2.32. The molecule has 5 heteroatoms. The Balaban J connectivity index is 1.83. The average Bonchev–Trinajstić information content (AvgIpc) is 2.76. The lowest BCUT2D eigenvalue weighted by Crippen LogP contribution is -1.98. The molecule has 2 rings (SSSR count). The van der Waals surface area contributed by atoms with Gasteiger partial charge in [0.15, 0.2) is 11.5 Å². The van der Waals surface area contributed by atoms with Crippen LogP contribution in [0.25, 0.3) is 0 Å². The second-order valence-electron chi connectivity index (χ2n) is 3.19. The maximum absolute atomic E-state index is 5.52. The third-order valence-electron chi connectivity index (χ3n) is 2.09. The largest absolute Gasteiger partial charge is 0.493 e. The zero-order valence-corrected chi connectivity index (χ0v) is 9.46. The zero-order chi connectivity index (χ0) is 11.2. The van der Waals surface area contributed by atoms with Gasteiger partial charge in [0.2, 0.25) is 6.79 Å². The predicted octanol–water partition coefficient (Wildman–Crippen LogP) is 2.29. The van der Waals surface area contributed by atoms with Gasteiger partial charge in [0.1, 0.15) is 5.75 Å². The van der Waals surface area contributed by atoms with E-state index >= 15 is 0 Å². The second-order valence-corrected chi connectivity index (χ2v) is 3.37. The van der Waals surface area contributed by atoms with Crippen molar-refractivity contribution >= 4 is 17.4 Å². The predicted molar refractivity (Wildman–Crippen MR) is 62.6 cm³/mol. The van der Waals surface area contributed by atoms with Crippen molar-refractivity contribution in [1.29, 1.82) is 0 Å². The van der Waals surface area contributed by atoms with Crippen LogP contribution in [0.4, 0.5) is 0 Å². The molecule has 0 aromatic heterocycles. The molecule has 0 bridgehead atoms. The Kier molecular flexibility index (Phi) is 3.75. The fourth-order valence-corrected chi connectivity index (χ4v) is 1.44. The summed E-state index contributed by atoms with van der Waals surface area (Å²) in [6.07, 6.45) is 0.818. The number of ether oxygens (including phenoxy) is 3. The molecule has 4 nitrogen and oxygen atoms in total. The van der Waals surface area contributed by atoms with Gasteiger partial charge in [-0.3, -0.25) is 0 Å². The summed E-state index contributed by atoms with van der Waals surface area (Å²) in [7, 11) is 0. The third-order valence-corrected chi connectivity index (χ3v) is 2.22. The van der Waals surface area contributed by atoms with Crippen molar-refractivity contribution in [2.75, 3.05) is 19.9 Å². The first-order valence-electron chi connectivity index (χ1n) is 4.96. The van der Waals surface area contributed by atoms with E-state index in [1.54, 1.807) is 0 Å². The molecule has 0 spiro atoms. The van der Waals surface area contributed by atoms with Crippen molar-refractivity contribution in [2.45, 2.75) is 6.42 Å². The van der Waals surface area contributed by atoms with Gasteiger partial charge < -0.3 is 14.2 Å². The number of aliphatic imine (C=N–C) groups is 1. The van der Waals surface area contributed by atoms with E-state index in [9.17, 15) is 0 Å². The molecule has 1 aliphatic heterocycles. The van der Waals surface area contributed by atoms with Gasteiger partial charge in [-0.25, -0.2) is 4.99 Å². The van der Waals surface area contributed by atoms with Crippen molar-refractivity contribution in [3.8, 4) is 17.2 Å². The van der Waals surface area contributed by atoms with Gasteiger partial charge in [0.25, 0.3) is 0 Å². The van der Waals surface area contributed by atoms with Crippen LogP contribution < -0.4 is 14.2 Å². The maximum atomic E-state index is 5.52. The van der Waals surface area contributed by atoms with Gasteiger partial charge in [-0.1, -0.05) is 0 Å². The summed E-state index contributed by atoms with van der Waals surface area (Å²) in [5.74, 6) is 2.27. The summed E-state index contributed by atoms with van der Waals surface area (Å²) in [6, 6.07) is 5.52. The number of fused-ring (bicyclic) bond motifs is 1. The summed E-state index contributed by atoms with van der Waals surface area (Å²) in [6.45, 7) is 1.52. The Labute approximate surface area is 98.8 Å². The lowest BCUT2D eigenvalue weighted by Gasteiger charge is -2.05. The smallest absolute Gasteiger partial charge is 0.231 e. The minimum atomic E-state index is 0.280. The molecule has 1 aromatic rings. The molecule has 0 radical (unpaired) electrons. The fourth-order valence-electron chi connectivity index (χ4n) is 1.35. The minimum absolute atomic E-state index is 0.280. The van der Waals surface area contributed by atoms with Gasteiger partial charge in [-0.15, -0.1) is 0 Å². The lowest BCUT2D eigenvalue weighted by molar-refractivity contribution is 0.173. The summed E-state index contributed by atoms with van der Waals surface area (Å²) >= 11 is 4.46. The zero-order valence-electron chi connectivity index (χ0n) is 8.64. The second kappa shape index (κ2) is 5.49. The lowest BCUT2D eigenvalue weighted by atomic mass is 10.3. The number of hydrogen-bond donors (Lipinski definition) is 0. The minimum Gasteiger partial charge on any atom is -0.493 e. The van der Waals surface area contributed by atoms with Crippen molar-refractivity contribution in [3.05, 3.63) is 18.2 Å². The van der Waals surface area contributed by atoms with Crippen LogP contribution in [0.5, 0.6) is 17.2 Å². The SMILES string of the molecule is S=C=NCCCOc1ccc2c(c1)OCO2. The van der Waals surface area contributed by atoms with Gasteiger partial charge >= 0.3 is 0 Å². The molecule has 1 heterocycles. The number of benzene rings is 1. The van der Waals surface area contributed by atoms with Crippen LogP contribution in [-0.4, -0.2) is 25.1 Å². The summed E-state index contributed by atoms with van der Waals surface area (Å²) in [4.78, 5) is 3.80. The molecule has 0 saturated heterocycles. The highest BCUT2D eigenvalue weighted by Crippen LogP contribution is 2.34. The Morgan fingerprint density at radius 3 is 3.12 bits per heavy atom. The Morgan fingerprint density at radius 2 is 2.25 bits per heavy atom. The molecule has 0 atom stereocenters. The topological polar surface area (TPSA) is 40.0 Å². The fraction of sp³-hybridized carbons (Fsp3) is 0.364. The van der Waals surface area contributed by atoms with Crippen molar-refractivity contribution in [3.63, 3.8) is 0 Å². The van der Waals surface area contributed by atoms with Crippen molar-refractivity contribution in [2.24, 2.45) is 4.99 Å². The normalized spacial score (nSPS) is 12.0. The molecule has 0 unspecified atom stereocenters. The first kappa shape index (κ1) is 10.9.